The highest BCUT2D eigenvalue weighted by molar-refractivity contribution is 5.16. The van der Waals surface area contributed by atoms with E-state index in [0.717, 1.165) is 5.56 Å². The van der Waals surface area contributed by atoms with Crippen molar-refractivity contribution in [1.82, 2.24) is 0 Å². The van der Waals surface area contributed by atoms with E-state index in [4.69, 9.17) is 9.47 Å². The normalized spacial score (nSPS) is 31.1. The fourth-order valence-electron chi connectivity index (χ4n) is 1.55. The number of hydrogen-bond donors (Lipinski definition) is 1. The zero-order valence-electron chi connectivity index (χ0n) is 8.37. The van der Waals surface area contributed by atoms with Gasteiger partial charge in [0, 0.05) is 5.56 Å². The van der Waals surface area contributed by atoms with Crippen LogP contribution in [0.5, 0.6) is 0 Å². The van der Waals surface area contributed by atoms with Crippen LogP contribution in [-0.4, -0.2) is 23.9 Å². The van der Waals surface area contributed by atoms with Gasteiger partial charge in [-0.2, -0.15) is 0 Å². The van der Waals surface area contributed by atoms with Crippen LogP contribution in [0.2, 0.25) is 0 Å². The fraction of sp³-hybridized carbons (Fsp3) is 0.333. The average molecular weight is 206 g/mol. The summed E-state index contributed by atoms with van der Waals surface area (Å²) in [6.45, 7) is 3.90. The first-order valence-corrected chi connectivity index (χ1v) is 4.94. The van der Waals surface area contributed by atoms with Crippen molar-refractivity contribution in [2.75, 3.05) is 6.61 Å². The maximum absolute atomic E-state index is 9.51. The zero-order valence-corrected chi connectivity index (χ0v) is 8.37. The van der Waals surface area contributed by atoms with Gasteiger partial charge in [0.25, 0.3) is 0 Å². The second-order valence-electron chi connectivity index (χ2n) is 3.48. The van der Waals surface area contributed by atoms with Crippen molar-refractivity contribution >= 4 is 0 Å². The van der Waals surface area contributed by atoms with Gasteiger partial charge in [0.15, 0.2) is 6.29 Å². The summed E-state index contributed by atoms with van der Waals surface area (Å²) in [5.74, 6) is 0. The lowest BCUT2D eigenvalue weighted by atomic mass is 10.1. The molecule has 3 atom stereocenters. The predicted octanol–water partition coefficient (Wildman–Crippen LogP) is 1.65. The van der Waals surface area contributed by atoms with Crippen molar-refractivity contribution in [2.45, 2.75) is 18.5 Å². The van der Waals surface area contributed by atoms with Crippen LogP contribution < -0.4 is 0 Å². The SMILES string of the molecule is C=CC1O[C@H](c2ccccc2)OC[C@H]1O. The van der Waals surface area contributed by atoms with E-state index in [-0.39, 0.29) is 12.7 Å². The fourth-order valence-corrected chi connectivity index (χ4v) is 1.55. The summed E-state index contributed by atoms with van der Waals surface area (Å²) in [5, 5.41) is 9.51. The van der Waals surface area contributed by atoms with Crippen LogP contribution in [-0.2, 0) is 9.47 Å². The topological polar surface area (TPSA) is 38.7 Å². The minimum atomic E-state index is -0.623. The van der Waals surface area contributed by atoms with Crippen molar-refractivity contribution in [3.63, 3.8) is 0 Å². The van der Waals surface area contributed by atoms with Gasteiger partial charge in [0.2, 0.25) is 0 Å². The molecule has 2 rings (SSSR count). The lowest BCUT2D eigenvalue weighted by Gasteiger charge is -2.32. The van der Waals surface area contributed by atoms with Crippen LogP contribution in [0.3, 0.4) is 0 Å². The van der Waals surface area contributed by atoms with Gasteiger partial charge >= 0.3 is 0 Å². The molecule has 3 nitrogen and oxygen atoms in total. The van der Waals surface area contributed by atoms with Crippen molar-refractivity contribution < 1.29 is 14.6 Å². The van der Waals surface area contributed by atoms with E-state index in [1.54, 1.807) is 6.08 Å². The number of rotatable bonds is 2. The minimum absolute atomic E-state index is 0.274. The van der Waals surface area contributed by atoms with Crippen molar-refractivity contribution in [3.8, 4) is 0 Å². The summed E-state index contributed by atoms with van der Waals surface area (Å²) in [5.41, 5.74) is 0.955. The Labute approximate surface area is 88.9 Å². The molecule has 0 amide bonds. The molecule has 0 bridgehead atoms. The Morgan fingerprint density at radius 1 is 1.33 bits per heavy atom. The highest BCUT2D eigenvalue weighted by Gasteiger charge is 2.29. The van der Waals surface area contributed by atoms with Gasteiger partial charge in [-0.1, -0.05) is 36.4 Å². The molecule has 15 heavy (non-hydrogen) atoms. The Hall–Kier alpha value is -1.16. The zero-order chi connectivity index (χ0) is 10.7. The van der Waals surface area contributed by atoms with Crippen molar-refractivity contribution in [3.05, 3.63) is 48.6 Å². The van der Waals surface area contributed by atoms with Crippen molar-refractivity contribution in [2.24, 2.45) is 0 Å². The van der Waals surface area contributed by atoms with Crippen LogP contribution in [0.25, 0.3) is 0 Å². The molecule has 0 radical (unpaired) electrons. The highest BCUT2D eigenvalue weighted by atomic mass is 16.7. The van der Waals surface area contributed by atoms with Crippen molar-refractivity contribution in [1.29, 1.82) is 0 Å². The number of aliphatic hydroxyl groups excluding tert-OH is 1. The largest absolute Gasteiger partial charge is 0.388 e. The minimum Gasteiger partial charge on any atom is -0.388 e. The molecule has 1 aliphatic heterocycles. The van der Waals surface area contributed by atoms with Gasteiger partial charge < -0.3 is 14.6 Å². The molecule has 1 aromatic carbocycles. The number of ether oxygens (including phenoxy) is 2. The number of benzene rings is 1. The molecule has 1 aromatic rings. The van der Waals surface area contributed by atoms with E-state index in [1.165, 1.54) is 0 Å². The molecule has 1 unspecified atom stereocenters. The summed E-state index contributed by atoms with van der Waals surface area (Å²) >= 11 is 0. The van der Waals surface area contributed by atoms with E-state index in [2.05, 4.69) is 6.58 Å². The average Bonchev–Trinajstić information content (AvgIpc) is 2.31. The summed E-state index contributed by atoms with van der Waals surface area (Å²) in [6.07, 6.45) is 0.215. The molecule has 1 N–H and O–H groups in total. The summed E-state index contributed by atoms with van der Waals surface area (Å²) in [7, 11) is 0. The van der Waals surface area contributed by atoms with Gasteiger partial charge in [-0.25, -0.2) is 0 Å². The lowest BCUT2D eigenvalue weighted by Crippen LogP contribution is -2.38. The Bertz CT molecular complexity index is 323. The van der Waals surface area contributed by atoms with Gasteiger partial charge in [-0.05, 0) is 0 Å². The van der Waals surface area contributed by atoms with Gasteiger partial charge in [-0.15, -0.1) is 6.58 Å². The molecular formula is C12H14O3. The van der Waals surface area contributed by atoms with Crippen LogP contribution in [0, 0.1) is 0 Å². The molecule has 0 spiro atoms. The first-order valence-electron chi connectivity index (χ1n) is 4.94. The third-order valence-electron chi connectivity index (χ3n) is 2.38. The molecule has 1 saturated heterocycles. The maximum Gasteiger partial charge on any atom is 0.184 e. The standard InChI is InChI=1S/C12H14O3/c1-2-11-10(13)8-14-12(15-11)9-6-4-3-5-7-9/h2-7,10-13H,1,8H2/t10-,11?,12-/m1/s1. The predicted molar refractivity (Wildman–Crippen MR) is 56.2 cm³/mol. The first kappa shape index (κ1) is 10.4. The van der Waals surface area contributed by atoms with Crippen LogP contribution in [0.15, 0.2) is 43.0 Å². The van der Waals surface area contributed by atoms with E-state index >= 15 is 0 Å². The van der Waals surface area contributed by atoms with Crippen LogP contribution >= 0.6 is 0 Å². The summed E-state index contributed by atoms with van der Waals surface area (Å²) in [6, 6.07) is 9.66. The second-order valence-corrected chi connectivity index (χ2v) is 3.48. The summed E-state index contributed by atoms with van der Waals surface area (Å²) < 4.78 is 10.9. The highest BCUT2D eigenvalue weighted by Crippen LogP contribution is 2.26. The molecule has 1 heterocycles. The third kappa shape index (κ3) is 2.26. The van der Waals surface area contributed by atoms with E-state index in [1.807, 2.05) is 30.3 Å². The monoisotopic (exact) mass is 206 g/mol. The molecule has 1 aliphatic rings. The maximum atomic E-state index is 9.51. The number of hydrogen-bond acceptors (Lipinski definition) is 3. The van der Waals surface area contributed by atoms with Crippen LogP contribution in [0.1, 0.15) is 11.9 Å². The van der Waals surface area contributed by atoms with E-state index in [0.29, 0.717) is 0 Å². The smallest absolute Gasteiger partial charge is 0.184 e. The summed E-state index contributed by atoms with van der Waals surface area (Å²) in [4.78, 5) is 0. The van der Waals surface area contributed by atoms with Crippen LogP contribution in [0.4, 0.5) is 0 Å². The van der Waals surface area contributed by atoms with Gasteiger partial charge in [0.05, 0.1) is 6.61 Å². The number of aliphatic hydroxyl groups is 1. The molecule has 80 valence electrons. The molecule has 3 heteroatoms. The van der Waals surface area contributed by atoms with Gasteiger partial charge in [-0.3, -0.25) is 0 Å². The lowest BCUT2D eigenvalue weighted by molar-refractivity contribution is -0.243. The molecule has 0 saturated carbocycles. The van der Waals surface area contributed by atoms with E-state index < -0.39 is 12.4 Å². The van der Waals surface area contributed by atoms with Gasteiger partial charge in [0.1, 0.15) is 12.2 Å². The van der Waals surface area contributed by atoms with E-state index in [9.17, 15) is 5.11 Å². The molecular weight excluding hydrogens is 192 g/mol. The molecule has 0 aliphatic carbocycles. The first-order chi connectivity index (χ1) is 7.31. The quantitative estimate of drug-likeness (QED) is 0.748. The Morgan fingerprint density at radius 2 is 2.07 bits per heavy atom. The molecule has 1 fully saturated rings. The Morgan fingerprint density at radius 3 is 2.73 bits per heavy atom. The second kappa shape index (κ2) is 4.57. The Balaban J connectivity index is 2.09. The third-order valence-corrected chi connectivity index (χ3v) is 2.38. The molecule has 0 aromatic heterocycles. The Kier molecular flexibility index (Phi) is 3.16.